The summed E-state index contributed by atoms with van der Waals surface area (Å²) in [5, 5.41) is 17.8. The van der Waals surface area contributed by atoms with Gasteiger partial charge in [-0.3, -0.25) is 9.59 Å². The first-order valence-corrected chi connectivity index (χ1v) is 5.73. The van der Waals surface area contributed by atoms with Crippen LogP contribution in [0.5, 0.6) is 0 Å². The molecule has 0 saturated heterocycles. The monoisotopic (exact) mass is 259 g/mol. The Kier molecular flexibility index (Phi) is 4.04. The number of amides is 1. The van der Waals surface area contributed by atoms with Crippen molar-refractivity contribution in [2.45, 2.75) is 6.04 Å². The molecule has 3 N–H and O–H groups in total. The van der Waals surface area contributed by atoms with Crippen LogP contribution < -0.4 is 10.9 Å². The Balaban J connectivity index is 2.13. The molecule has 1 aromatic heterocycles. The van der Waals surface area contributed by atoms with Gasteiger partial charge in [0.05, 0.1) is 12.6 Å². The fraction of sp³-hybridized carbons (Fsp3) is 0.154. The van der Waals surface area contributed by atoms with E-state index in [1.165, 1.54) is 12.1 Å². The summed E-state index contributed by atoms with van der Waals surface area (Å²) in [5.74, 6) is -0.459. The highest BCUT2D eigenvalue weighted by Gasteiger charge is 2.15. The number of benzene rings is 1. The van der Waals surface area contributed by atoms with Crippen LogP contribution in [-0.4, -0.2) is 27.8 Å². The number of H-pyrrole nitrogens is 1. The number of aromatic amines is 1. The average Bonchev–Trinajstić information content (AvgIpc) is 2.46. The molecule has 1 aromatic carbocycles. The van der Waals surface area contributed by atoms with Gasteiger partial charge in [-0.25, -0.2) is 5.10 Å². The Morgan fingerprint density at radius 1 is 1.26 bits per heavy atom. The molecule has 98 valence electrons. The second kappa shape index (κ2) is 5.92. The standard InChI is InChI=1S/C13H13N3O3/c17-8-11(9-4-2-1-3-5-9)14-13(19)10-6-7-12(18)16-15-10/h1-7,11,17H,8H2,(H,14,19)(H,16,18). The highest BCUT2D eigenvalue weighted by atomic mass is 16.3. The molecule has 0 fully saturated rings. The highest BCUT2D eigenvalue weighted by molar-refractivity contribution is 5.92. The van der Waals surface area contributed by atoms with E-state index >= 15 is 0 Å². The van der Waals surface area contributed by atoms with Crippen LogP contribution in [0.4, 0.5) is 0 Å². The van der Waals surface area contributed by atoms with Crippen LogP contribution in [0.1, 0.15) is 22.1 Å². The van der Waals surface area contributed by atoms with Crippen molar-refractivity contribution < 1.29 is 9.90 Å². The molecule has 0 bridgehead atoms. The Bertz CT molecular complexity index is 590. The molecule has 0 aliphatic carbocycles. The zero-order valence-corrected chi connectivity index (χ0v) is 10.0. The summed E-state index contributed by atoms with van der Waals surface area (Å²) in [6, 6.07) is 11.1. The molecule has 1 atom stereocenters. The van der Waals surface area contributed by atoms with E-state index in [2.05, 4.69) is 15.5 Å². The summed E-state index contributed by atoms with van der Waals surface area (Å²) in [6.07, 6.45) is 0. The molecule has 0 aliphatic heterocycles. The van der Waals surface area contributed by atoms with Crippen LogP contribution in [0, 0.1) is 0 Å². The number of nitrogens with one attached hydrogen (secondary N) is 2. The Hall–Kier alpha value is -2.47. The zero-order valence-electron chi connectivity index (χ0n) is 10.0. The second-order valence-corrected chi connectivity index (χ2v) is 3.93. The maximum Gasteiger partial charge on any atom is 0.272 e. The summed E-state index contributed by atoms with van der Waals surface area (Å²) in [6.45, 7) is -0.223. The van der Waals surface area contributed by atoms with Crippen molar-refractivity contribution in [1.82, 2.24) is 15.5 Å². The molecule has 0 saturated carbocycles. The fourth-order valence-corrected chi connectivity index (χ4v) is 1.62. The van der Waals surface area contributed by atoms with E-state index in [9.17, 15) is 14.7 Å². The Morgan fingerprint density at radius 2 is 2.00 bits per heavy atom. The predicted molar refractivity (Wildman–Crippen MR) is 68.6 cm³/mol. The molecule has 1 heterocycles. The van der Waals surface area contributed by atoms with E-state index in [1.54, 1.807) is 0 Å². The minimum atomic E-state index is -0.512. The number of aliphatic hydroxyl groups is 1. The largest absolute Gasteiger partial charge is 0.394 e. The number of hydrogen-bond donors (Lipinski definition) is 3. The first kappa shape index (κ1) is 13.0. The highest BCUT2D eigenvalue weighted by Crippen LogP contribution is 2.11. The van der Waals surface area contributed by atoms with Crippen molar-refractivity contribution in [2.24, 2.45) is 0 Å². The van der Waals surface area contributed by atoms with E-state index in [1.807, 2.05) is 30.3 Å². The smallest absolute Gasteiger partial charge is 0.272 e. The van der Waals surface area contributed by atoms with Crippen LogP contribution in [0.25, 0.3) is 0 Å². The topological polar surface area (TPSA) is 95.1 Å². The van der Waals surface area contributed by atoms with Gasteiger partial charge in [0, 0.05) is 6.07 Å². The Morgan fingerprint density at radius 3 is 2.58 bits per heavy atom. The lowest BCUT2D eigenvalue weighted by Crippen LogP contribution is -2.32. The number of hydrogen-bond acceptors (Lipinski definition) is 4. The molecule has 2 rings (SSSR count). The minimum Gasteiger partial charge on any atom is -0.394 e. The van der Waals surface area contributed by atoms with E-state index in [0.717, 1.165) is 5.56 Å². The number of rotatable bonds is 4. The van der Waals surface area contributed by atoms with Crippen molar-refractivity contribution in [3.05, 3.63) is 64.1 Å². The van der Waals surface area contributed by atoms with E-state index in [4.69, 9.17) is 0 Å². The molecule has 1 amide bonds. The molecule has 0 aliphatic rings. The van der Waals surface area contributed by atoms with Gasteiger partial charge in [0.15, 0.2) is 0 Å². The van der Waals surface area contributed by atoms with E-state index < -0.39 is 11.9 Å². The summed E-state index contributed by atoms with van der Waals surface area (Å²) >= 11 is 0. The maximum atomic E-state index is 11.9. The molecular weight excluding hydrogens is 246 g/mol. The van der Waals surface area contributed by atoms with Crippen LogP contribution in [-0.2, 0) is 0 Å². The number of carbonyl (C=O) groups is 1. The normalized spacial score (nSPS) is 11.8. The van der Waals surface area contributed by atoms with Crippen LogP contribution in [0.15, 0.2) is 47.3 Å². The summed E-state index contributed by atoms with van der Waals surface area (Å²) in [5.41, 5.74) is 0.509. The molecule has 2 aromatic rings. The van der Waals surface area contributed by atoms with Crippen molar-refractivity contribution in [3.63, 3.8) is 0 Å². The number of aliphatic hydroxyl groups excluding tert-OH is 1. The van der Waals surface area contributed by atoms with E-state index in [-0.39, 0.29) is 17.9 Å². The van der Waals surface area contributed by atoms with Crippen molar-refractivity contribution in [3.8, 4) is 0 Å². The molecule has 0 spiro atoms. The van der Waals surface area contributed by atoms with Gasteiger partial charge in [-0.15, -0.1) is 0 Å². The van der Waals surface area contributed by atoms with Crippen molar-refractivity contribution in [1.29, 1.82) is 0 Å². The lowest BCUT2D eigenvalue weighted by Gasteiger charge is -2.16. The average molecular weight is 259 g/mol. The fourth-order valence-electron chi connectivity index (χ4n) is 1.62. The zero-order chi connectivity index (χ0) is 13.7. The summed E-state index contributed by atoms with van der Waals surface area (Å²) in [7, 11) is 0. The molecular formula is C13H13N3O3. The number of nitrogens with zero attached hydrogens (tertiary/aromatic N) is 1. The summed E-state index contributed by atoms with van der Waals surface area (Å²) in [4.78, 5) is 22.7. The second-order valence-electron chi connectivity index (χ2n) is 3.93. The lowest BCUT2D eigenvalue weighted by atomic mass is 10.1. The quantitative estimate of drug-likeness (QED) is 0.732. The van der Waals surface area contributed by atoms with Gasteiger partial charge in [-0.1, -0.05) is 30.3 Å². The first-order valence-electron chi connectivity index (χ1n) is 5.73. The van der Waals surface area contributed by atoms with Crippen molar-refractivity contribution in [2.75, 3.05) is 6.61 Å². The minimum absolute atomic E-state index is 0.0916. The molecule has 0 radical (unpaired) electrons. The SMILES string of the molecule is O=C(NC(CO)c1ccccc1)c1ccc(=O)[nH]n1. The van der Waals surface area contributed by atoms with Gasteiger partial charge >= 0.3 is 0 Å². The van der Waals surface area contributed by atoms with Crippen molar-refractivity contribution >= 4 is 5.91 Å². The van der Waals surface area contributed by atoms with Crippen LogP contribution >= 0.6 is 0 Å². The predicted octanol–water partition coefficient (Wildman–Crippen LogP) is 0.233. The molecule has 1 unspecified atom stereocenters. The van der Waals surface area contributed by atoms with E-state index in [0.29, 0.717) is 0 Å². The Labute approximate surface area is 109 Å². The third-order valence-corrected chi connectivity index (χ3v) is 2.60. The van der Waals surface area contributed by atoms with Gasteiger partial charge < -0.3 is 10.4 Å². The molecule has 6 nitrogen and oxygen atoms in total. The van der Waals surface area contributed by atoms with Gasteiger partial charge in [-0.05, 0) is 11.6 Å². The molecule has 19 heavy (non-hydrogen) atoms. The third kappa shape index (κ3) is 3.26. The van der Waals surface area contributed by atoms with Gasteiger partial charge in [0.2, 0.25) is 0 Å². The number of carbonyl (C=O) groups excluding carboxylic acids is 1. The van der Waals surface area contributed by atoms with Crippen LogP contribution in [0.3, 0.4) is 0 Å². The lowest BCUT2D eigenvalue weighted by molar-refractivity contribution is 0.0910. The maximum absolute atomic E-state index is 11.9. The summed E-state index contributed by atoms with van der Waals surface area (Å²) < 4.78 is 0. The number of aromatic nitrogens is 2. The van der Waals surface area contributed by atoms with Crippen LogP contribution in [0.2, 0.25) is 0 Å². The molecule has 6 heteroatoms. The van der Waals surface area contributed by atoms with Gasteiger partial charge in [-0.2, -0.15) is 5.10 Å². The van der Waals surface area contributed by atoms with Gasteiger partial charge in [0.25, 0.3) is 11.5 Å². The first-order chi connectivity index (χ1) is 9.20. The third-order valence-electron chi connectivity index (χ3n) is 2.60. The van der Waals surface area contributed by atoms with Gasteiger partial charge in [0.1, 0.15) is 5.69 Å².